The van der Waals surface area contributed by atoms with Gasteiger partial charge in [-0.2, -0.15) is 0 Å². The molecule has 0 spiro atoms. The first-order chi connectivity index (χ1) is 13.9. The Morgan fingerprint density at radius 3 is 2.75 bits per heavy atom. The number of benzene rings is 1. The summed E-state index contributed by atoms with van der Waals surface area (Å²) in [7, 11) is 0. The number of fused-ring (bicyclic) bond motifs is 3. The van der Waals surface area contributed by atoms with Crippen molar-refractivity contribution >= 4 is 27.4 Å². The summed E-state index contributed by atoms with van der Waals surface area (Å²) >= 11 is 1.88. The second-order valence-electron chi connectivity index (χ2n) is 7.97. The molecule has 2 aliphatic rings. The number of allylic oxidation sites excluding steroid dienone is 1. The molecule has 0 unspecified atom stereocenters. The van der Waals surface area contributed by atoms with Crippen LogP contribution in [0.15, 0.2) is 42.0 Å². The molecule has 0 fully saturated rings. The molecule has 0 saturated heterocycles. The smallest absolute Gasteiger partial charge is 0.138 e. The van der Waals surface area contributed by atoms with Crippen LogP contribution in [0, 0.1) is 0 Å². The molecule has 1 aromatic carbocycles. The normalized spacial score (nSPS) is 16.2. The van der Waals surface area contributed by atoms with Crippen molar-refractivity contribution in [2.75, 3.05) is 11.9 Å². The van der Waals surface area contributed by atoms with Crippen molar-refractivity contribution in [1.82, 2.24) is 9.97 Å². The molecule has 3 aromatic rings. The van der Waals surface area contributed by atoms with Crippen molar-refractivity contribution < 1.29 is 0 Å². The van der Waals surface area contributed by atoms with Gasteiger partial charge in [0.15, 0.2) is 0 Å². The summed E-state index contributed by atoms with van der Waals surface area (Å²) in [5.74, 6) is 1.99. The number of nitrogens with one attached hydrogen (secondary N) is 1. The fraction of sp³-hybridized carbons (Fsp3) is 0.417. The Morgan fingerprint density at radius 2 is 1.89 bits per heavy atom. The van der Waals surface area contributed by atoms with E-state index in [0.717, 1.165) is 31.0 Å². The van der Waals surface area contributed by atoms with Gasteiger partial charge in [0.25, 0.3) is 0 Å². The topological polar surface area (TPSA) is 37.8 Å². The van der Waals surface area contributed by atoms with Crippen LogP contribution in [0.3, 0.4) is 0 Å². The first-order valence-corrected chi connectivity index (χ1v) is 11.5. The maximum absolute atomic E-state index is 4.99. The summed E-state index contributed by atoms with van der Waals surface area (Å²) in [4.78, 5) is 12.6. The van der Waals surface area contributed by atoms with Crippen molar-refractivity contribution in [3.8, 4) is 0 Å². The summed E-state index contributed by atoms with van der Waals surface area (Å²) in [5, 5.41) is 4.99. The van der Waals surface area contributed by atoms with Crippen LogP contribution in [-0.2, 0) is 19.3 Å². The highest BCUT2D eigenvalue weighted by Crippen LogP contribution is 2.39. The van der Waals surface area contributed by atoms with E-state index in [1.54, 1.807) is 5.57 Å². The zero-order chi connectivity index (χ0) is 18.8. The number of hydrogen-bond donors (Lipinski definition) is 1. The Hall–Kier alpha value is -2.20. The van der Waals surface area contributed by atoms with Crippen LogP contribution in [0.5, 0.6) is 0 Å². The molecule has 28 heavy (non-hydrogen) atoms. The van der Waals surface area contributed by atoms with E-state index in [2.05, 4.69) is 41.7 Å². The van der Waals surface area contributed by atoms with Crippen molar-refractivity contribution in [2.45, 2.75) is 57.8 Å². The highest BCUT2D eigenvalue weighted by Gasteiger charge is 2.22. The van der Waals surface area contributed by atoms with Crippen LogP contribution >= 0.6 is 11.3 Å². The Kier molecular flexibility index (Phi) is 5.13. The molecule has 1 N–H and O–H groups in total. The maximum Gasteiger partial charge on any atom is 0.138 e. The van der Waals surface area contributed by atoms with Crippen LogP contribution < -0.4 is 5.32 Å². The Morgan fingerprint density at radius 1 is 0.964 bits per heavy atom. The number of aryl methyl sites for hydroxylation is 2. The molecule has 0 aliphatic heterocycles. The van der Waals surface area contributed by atoms with Crippen molar-refractivity contribution in [3.63, 3.8) is 0 Å². The molecule has 0 radical (unpaired) electrons. The van der Waals surface area contributed by atoms with Crippen LogP contribution in [0.1, 0.15) is 60.4 Å². The average molecular weight is 390 g/mol. The molecule has 0 saturated carbocycles. The molecular weight excluding hydrogens is 362 g/mol. The molecule has 0 atom stereocenters. The van der Waals surface area contributed by atoms with E-state index in [9.17, 15) is 0 Å². The Bertz CT molecular complexity index is 1000. The highest BCUT2D eigenvalue weighted by atomic mass is 32.1. The minimum atomic E-state index is 0.791. The number of hydrogen-bond acceptors (Lipinski definition) is 4. The van der Waals surface area contributed by atoms with Gasteiger partial charge in [0.05, 0.1) is 5.39 Å². The van der Waals surface area contributed by atoms with Crippen molar-refractivity contribution in [2.24, 2.45) is 0 Å². The molecule has 2 heterocycles. The summed E-state index contributed by atoms with van der Waals surface area (Å²) in [6.45, 7) is 0.966. The van der Waals surface area contributed by atoms with E-state index >= 15 is 0 Å². The zero-order valence-corrected chi connectivity index (χ0v) is 17.2. The SMILES string of the molecule is C1=C(CCNc2nc(Cc3ccccc3)nc3sc4c(c23)CCC4)CCCC1. The maximum atomic E-state index is 4.99. The molecule has 4 heteroatoms. The molecule has 2 aromatic heterocycles. The van der Waals surface area contributed by atoms with Gasteiger partial charge in [0.2, 0.25) is 0 Å². The van der Waals surface area contributed by atoms with Gasteiger partial charge in [0.1, 0.15) is 16.5 Å². The van der Waals surface area contributed by atoms with E-state index in [-0.39, 0.29) is 0 Å². The standard InChI is InChI=1S/C24H27N3S/c1-3-8-17(9-4-1)14-15-25-23-22-19-12-7-13-20(19)28-24(22)27-21(26-23)16-18-10-5-2-6-11-18/h2,5-6,8,10-11H,1,3-4,7,9,12-16H2,(H,25,26,27). The molecule has 144 valence electrons. The van der Waals surface area contributed by atoms with Gasteiger partial charge < -0.3 is 5.32 Å². The molecule has 3 nitrogen and oxygen atoms in total. The van der Waals surface area contributed by atoms with Gasteiger partial charge in [0, 0.05) is 17.8 Å². The first-order valence-electron chi connectivity index (χ1n) is 10.6. The monoisotopic (exact) mass is 389 g/mol. The molecule has 5 rings (SSSR count). The lowest BCUT2D eigenvalue weighted by Gasteiger charge is -2.14. The minimum absolute atomic E-state index is 0.791. The summed E-state index contributed by atoms with van der Waals surface area (Å²) in [6, 6.07) is 10.6. The molecular formula is C24H27N3S. The second-order valence-corrected chi connectivity index (χ2v) is 9.06. The van der Waals surface area contributed by atoms with E-state index in [1.165, 1.54) is 71.2 Å². The molecule has 0 amide bonds. The molecule has 0 bridgehead atoms. The zero-order valence-electron chi connectivity index (χ0n) is 16.3. The summed E-state index contributed by atoms with van der Waals surface area (Å²) in [5.41, 5.74) is 4.39. The van der Waals surface area contributed by atoms with Crippen LogP contribution in [0.4, 0.5) is 5.82 Å². The fourth-order valence-corrected chi connectivity index (χ4v) is 5.78. The van der Waals surface area contributed by atoms with Gasteiger partial charge >= 0.3 is 0 Å². The quantitative estimate of drug-likeness (QED) is 0.520. The van der Waals surface area contributed by atoms with E-state index in [0.29, 0.717) is 0 Å². The Balaban J connectivity index is 1.43. The van der Waals surface area contributed by atoms with Gasteiger partial charge in [-0.25, -0.2) is 9.97 Å². The summed E-state index contributed by atoms with van der Waals surface area (Å²) in [6.07, 6.45) is 13.3. The van der Waals surface area contributed by atoms with E-state index in [1.807, 2.05) is 11.3 Å². The number of nitrogens with zero attached hydrogens (tertiary/aromatic N) is 2. The van der Waals surface area contributed by atoms with Gasteiger partial charge in [-0.3, -0.25) is 0 Å². The number of aromatic nitrogens is 2. The van der Waals surface area contributed by atoms with Crippen molar-refractivity contribution in [3.05, 3.63) is 63.8 Å². The number of anilines is 1. The number of rotatable bonds is 6. The minimum Gasteiger partial charge on any atom is -0.369 e. The Labute approximate surface area is 170 Å². The lowest BCUT2D eigenvalue weighted by atomic mass is 9.97. The van der Waals surface area contributed by atoms with E-state index < -0.39 is 0 Å². The fourth-order valence-electron chi connectivity index (χ4n) is 4.50. The predicted octanol–water partition coefficient (Wildman–Crippen LogP) is 6.07. The predicted molar refractivity (Wildman–Crippen MR) is 118 cm³/mol. The van der Waals surface area contributed by atoms with Crippen LogP contribution in [0.2, 0.25) is 0 Å². The summed E-state index contributed by atoms with van der Waals surface area (Å²) < 4.78 is 0. The molecule has 2 aliphatic carbocycles. The third kappa shape index (κ3) is 3.70. The van der Waals surface area contributed by atoms with Gasteiger partial charge in [-0.15, -0.1) is 11.3 Å². The van der Waals surface area contributed by atoms with Gasteiger partial charge in [-0.05, 0) is 62.5 Å². The lowest BCUT2D eigenvalue weighted by Crippen LogP contribution is -2.09. The average Bonchev–Trinajstić information content (AvgIpc) is 3.30. The van der Waals surface area contributed by atoms with Crippen molar-refractivity contribution in [1.29, 1.82) is 0 Å². The van der Waals surface area contributed by atoms with Crippen LogP contribution in [-0.4, -0.2) is 16.5 Å². The first kappa shape index (κ1) is 17.9. The van der Waals surface area contributed by atoms with Crippen LogP contribution in [0.25, 0.3) is 10.2 Å². The second kappa shape index (κ2) is 8.04. The largest absolute Gasteiger partial charge is 0.369 e. The van der Waals surface area contributed by atoms with E-state index in [4.69, 9.17) is 9.97 Å². The third-order valence-electron chi connectivity index (χ3n) is 5.94. The highest BCUT2D eigenvalue weighted by molar-refractivity contribution is 7.19. The third-order valence-corrected chi connectivity index (χ3v) is 7.13. The van der Waals surface area contributed by atoms with Gasteiger partial charge in [-0.1, -0.05) is 42.0 Å². The number of thiophene rings is 1. The lowest BCUT2D eigenvalue weighted by molar-refractivity contribution is 0.679.